The predicted octanol–water partition coefficient (Wildman–Crippen LogP) is 4.20. The highest BCUT2D eigenvalue weighted by Gasteiger charge is 2.16. The number of hydrogen-bond acceptors (Lipinski definition) is 6. The van der Waals surface area contributed by atoms with Gasteiger partial charge in [0.15, 0.2) is 6.29 Å². The first-order chi connectivity index (χ1) is 12.7. The van der Waals surface area contributed by atoms with E-state index in [-0.39, 0.29) is 0 Å². The molecular weight excluding hydrogens is 391 g/mol. The molecule has 0 spiro atoms. The van der Waals surface area contributed by atoms with Gasteiger partial charge < -0.3 is 15.4 Å². The van der Waals surface area contributed by atoms with Gasteiger partial charge in [0.25, 0.3) is 0 Å². The van der Waals surface area contributed by atoms with Crippen molar-refractivity contribution in [3.05, 3.63) is 40.0 Å². The van der Waals surface area contributed by atoms with E-state index >= 15 is 0 Å². The maximum absolute atomic E-state index is 11.6. The van der Waals surface area contributed by atoms with Crippen LogP contribution >= 0.6 is 23.2 Å². The van der Waals surface area contributed by atoms with Crippen LogP contribution in [-0.4, -0.2) is 41.0 Å². The minimum absolute atomic E-state index is 0.299. The van der Waals surface area contributed by atoms with E-state index in [1.807, 2.05) is 0 Å². The molecule has 0 bridgehead atoms. The van der Waals surface area contributed by atoms with E-state index in [9.17, 15) is 9.59 Å². The molecule has 1 aromatic heterocycles. The van der Waals surface area contributed by atoms with E-state index in [1.165, 1.54) is 6.20 Å². The number of nitrogens with one attached hydrogen (secondary N) is 2. The van der Waals surface area contributed by atoms with Crippen LogP contribution in [0.3, 0.4) is 0 Å². The van der Waals surface area contributed by atoms with Gasteiger partial charge in [-0.25, -0.2) is 14.8 Å². The average Bonchev–Trinajstić information content (AvgIpc) is 2.57. The van der Waals surface area contributed by atoms with Crippen LogP contribution in [0.5, 0.6) is 0 Å². The molecule has 0 aliphatic heterocycles. The lowest BCUT2D eigenvalue weighted by Gasteiger charge is -2.19. The molecular formula is C18H20Cl2N4O3. The van der Waals surface area contributed by atoms with Gasteiger partial charge in [-0.2, -0.15) is 0 Å². The molecule has 0 atom stereocenters. The second-order valence-corrected chi connectivity index (χ2v) is 7.44. The molecule has 0 fully saturated rings. The molecule has 1 aromatic carbocycles. The Morgan fingerprint density at radius 2 is 2.00 bits per heavy atom. The molecule has 144 valence electrons. The Balaban J connectivity index is 2.05. The molecule has 9 heteroatoms. The van der Waals surface area contributed by atoms with Crippen molar-refractivity contribution in [2.24, 2.45) is 0 Å². The van der Waals surface area contributed by atoms with Gasteiger partial charge >= 0.3 is 6.09 Å². The van der Waals surface area contributed by atoms with E-state index in [2.05, 4.69) is 20.6 Å². The van der Waals surface area contributed by atoms with Gasteiger partial charge in [0.2, 0.25) is 5.95 Å². The second kappa shape index (κ2) is 9.01. The van der Waals surface area contributed by atoms with E-state index in [1.54, 1.807) is 39.0 Å². The maximum Gasteiger partial charge on any atom is 0.407 e. The average molecular weight is 411 g/mol. The number of benzene rings is 1. The van der Waals surface area contributed by atoms with Gasteiger partial charge in [-0.1, -0.05) is 23.2 Å². The van der Waals surface area contributed by atoms with Crippen LogP contribution in [0.2, 0.25) is 10.0 Å². The monoisotopic (exact) mass is 410 g/mol. The molecule has 0 aliphatic carbocycles. The van der Waals surface area contributed by atoms with E-state index in [4.69, 9.17) is 27.9 Å². The minimum atomic E-state index is -0.558. The van der Waals surface area contributed by atoms with E-state index in [0.29, 0.717) is 52.2 Å². The van der Waals surface area contributed by atoms with Crippen LogP contribution in [0.4, 0.5) is 10.7 Å². The summed E-state index contributed by atoms with van der Waals surface area (Å²) < 4.78 is 5.15. The summed E-state index contributed by atoms with van der Waals surface area (Å²) in [6.45, 7) is 6.04. The number of carbonyl (C=O) groups excluding carboxylic acids is 2. The van der Waals surface area contributed by atoms with Gasteiger partial charge in [-0.05, 0) is 39.0 Å². The van der Waals surface area contributed by atoms with Gasteiger partial charge in [0.05, 0.1) is 16.3 Å². The van der Waals surface area contributed by atoms with Crippen LogP contribution < -0.4 is 10.6 Å². The van der Waals surface area contributed by atoms with Crippen LogP contribution in [0.1, 0.15) is 31.1 Å². The lowest BCUT2D eigenvalue weighted by Crippen LogP contribution is -2.35. The fraction of sp³-hybridized carbons (Fsp3) is 0.333. The fourth-order valence-electron chi connectivity index (χ4n) is 2.11. The van der Waals surface area contributed by atoms with Crippen molar-refractivity contribution in [1.82, 2.24) is 15.3 Å². The maximum atomic E-state index is 11.6. The molecule has 1 amide bonds. The smallest absolute Gasteiger partial charge is 0.407 e. The van der Waals surface area contributed by atoms with Crippen molar-refractivity contribution < 1.29 is 14.3 Å². The Kier molecular flexibility index (Phi) is 6.98. The molecule has 2 aromatic rings. The summed E-state index contributed by atoms with van der Waals surface area (Å²) in [4.78, 5) is 31.4. The highest BCUT2D eigenvalue weighted by Crippen LogP contribution is 2.31. The molecule has 27 heavy (non-hydrogen) atoms. The van der Waals surface area contributed by atoms with Crippen LogP contribution in [-0.2, 0) is 4.74 Å². The third kappa shape index (κ3) is 6.37. The quantitative estimate of drug-likeness (QED) is 0.547. The van der Waals surface area contributed by atoms with Crippen molar-refractivity contribution in [3.8, 4) is 11.3 Å². The molecule has 0 saturated carbocycles. The third-order valence-corrected chi connectivity index (χ3v) is 3.75. The minimum Gasteiger partial charge on any atom is -0.444 e. The fourth-order valence-corrected chi connectivity index (χ4v) is 2.61. The lowest BCUT2D eigenvalue weighted by molar-refractivity contribution is 0.0530. The Labute approximate surface area is 167 Å². The normalized spacial score (nSPS) is 11.0. The molecule has 0 unspecified atom stereocenters. The van der Waals surface area contributed by atoms with Gasteiger partial charge in [-0.3, -0.25) is 4.79 Å². The van der Waals surface area contributed by atoms with Crippen molar-refractivity contribution in [2.45, 2.75) is 26.4 Å². The largest absolute Gasteiger partial charge is 0.444 e. The SMILES string of the molecule is CC(C)(C)OC(=O)NCCNc1ncc(C=O)c(-c2ccc(Cl)cc2Cl)n1. The summed E-state index contributed by atoms with van der Waals surface area (Å²) in [7, 11) is 0. The molecule has 2 rings (SSSR count). The van der Waals surface area contributed by atoms with Gasteiger partial charge in [0, 0.05) is 29.9 Å². The number of aromatic nitrogens is 2. The number of amides is 1. The summed E-state index contributed by atoms with van der Waals surface area (Å²) >= 11 is 12.1. The molecule has 7 nitrogen and oxygen atoms in total. The molecule has 0 saturated heterocycles. The Morgan fingerprint density at radius 1 is 1.26 bits per heavy atom. The summed E-state index contributed by atoms with van der Waals surface area (Å²) in [6.07, 6.45) is 1.56. The number of carbonyl (C=O) groups is 2. The third-order valence-electron chi connectivity index (χ3n) is 3.21. The number of hydrogen-bond donors (Lipinski definition) is 2. The van der Waals surface area contributed by atoms with Gasteiger partial charge in [0.1, 0.15) is 5.60 Å². The van der Waals surface area contributed by atoms with E-state index in [0.717, 1.165) is 0 Å². The van der Waals surface area contributed by atoms with Crippen molar-refractivity contribution in [2.75, 3.05) is 18.4 Å². The number of anilines is 1. The number of rotatable bonds is 6. The summed E-state index contributed by atoms with van der Waals surface area (Å²) in [6, 6.07) is 4.93. The lowest BCUT2D eigenvalue weighted by atomic mass is 10.1. The van der Waals surface area contributed by atoms with Gasteiger partial charge in [-0.15, -0.1) is 0 Å². The number of aldehydes is 1. The molecule has 1 heterocycles. The van der Waals surface area contributed by atoms with Crippen molar-refractivity contribution >= 4 is 41.5 Å². The van der Waals surface area contributed by atoms with Crippen molar-refractivity contribution in [3.63, 3.8) is 0 Å². The first-order valence-corrected chi connectivity index (χ1v) is 8.93. The number of halogens is 2. The standard InChI is InChI=1S/C18H20Cl2N4O3/c1-18(2,3)27-17(26)22-7-6-21-16-23-9-11(10-25)15(24-16)13-5-4-12(19)8-14(13)20/h4-5,8-10H,6-7H2,1-3H3,(H,22,26)(H,21,23,24). The van der Waals surface area contributed by atoms with Crippen LogP contribution in [0, 0.1) is 0 Å². The predicted molar refractivity (Wildman–Crippen MR) is 106 cm³/mol. The Morgan fingerprint density at radius 3 is 2.63 bits per heavy atom. The first kappa shape index (κ1) is 20.9. The van der Waals surface area contributed by atoms with Crippen LogP contribution in [0.25, 0.3) is 11.3 Å². The first-order valence-electron chi connectivity index (χ1n) is 8.18. The summed E-state index contributed by atoms with van der Waals surface area (Å²) in [5.41, 5.74) is 0.708. The summed E-state index contributed by atoms with van der Waals surface area (Å²) in [5.74, 6) is 0.299. The van der Waals surface area contributed by atoms with Crippen molar-refractivity contribution in [1.29, 1.82) is 0 Å². The topological polar surface area (TPSA) is 93.2 Å². The second-order valence-electron chi connectivity index (χ2n) is 6.60. The zero-order valence-electron chi connectivity index (χ0n) is 15.2. The number of ether oxygens (including phenoxy) is 1. The Hall–Kier alpha value is -2.38. The molecule has 0 aliphatic rings. The zero-order valence-corrected chi connectivity index (χ0v) is 16.7. The zero-order chi connectivity index (χ0) is 20.0. The number of alkyl carbamates (subject to hydrolysis) is 1. The van der Waals surface area contributed by atoms with Crippen LogP contribution in [0.15, 0.2) is 24.4 Å². The highest BCUT2D eigenvalue weighted by atomic mass is 35.5. The molecule has 2 N–H and O–H groups in total. The highest BCUT2D eigenvalue weighted by molar-refractivity contribution is 6.36. The molecule has 0 radical (unpaired) electrons. The number of nitrogens with zero attached hydrogens (tertiary/aromatic N) is 2. The summed E-state index contributed by atoms with van der Waals surface area (Å²) in [5, 5.41) is 6.46. The Bertz CT molecular complexity index is 838. The van der Waals surface area contributed by atoms with E-state index < -0.39 is 11.7 Å².